The van der Waals surface area contributed by atoms with E-state index in [1.807, 2.05) is 0 Å². The van der Waals surface area contributed by atoms with Gasteiger partial charge in [-0.2, -0.15) is 0 Å². The van der Waals surface area contributed by atoms with Crippen molar-refractivity contribution in [2.75, 3.05) is 13.7 Å². The lowest BCUT2D eigenvalue weighted by Gasteiger charge is -2.16. The molecule has 0 radical (unpaired) electrons. The van der Waals surface area contributed by atoms with Gasteiger partial charge >= 0.3 is 0 Å². The molecule has 0 spiro atoms. The first-order valence-electron chi connectivity index (χ1n) is 3.16. The van der Waals surface area contributed by atoms with Crippen LogP contribution in [-0.4, -0.2) is 30.3 Å². The summed E-state index contributed by atoms with van der Waals surface area (Å²) in [5.74, 6) is 0. The van der Waals surface area contributed by atoms with Crippen molar-refractivity contribution in [2.45, 2.75) is 17.9 Å². The Kier molecular flexibility index (Phi) is 5.69. The molecule has 60 valence electrons. The number of aliphatic hydroxyl groups excluding tert-OH is 1. The summed E-state index contributed by atoms with van der Waals surface area (Å²) in [5, 5.41) is 8.33. The number of hydrogen-bond acceptors (Lipinski definition) is 2. The van der Waals surface area contributed by atoms with Crippen molar-refractivity contribution < 1.29 is 9.84 Å². The third-order valence-electron chi connectivity index (χ3n) is 1.30. The number of aliphatic hydroxyl groups is 1. The number of rotatable bonds is 5. The number of hydrogen-bond donors (Lipinski definition) is 1. The van der Waals surface area contributed by atoms with Gasteiger partial charge < -0.3 is 9.84 Å². The molecule has 10 heavy (non-hydrogen) atoms. The second-order valence-corrected chi connectivity index (χ2v) is 2.47. The fraction of sp³-hybridized carbons (Fsp3) is 0.714. The van der Waals surface area contributed by atoms with Crippen LogP contribution in [0.3, 0.4) is 0 Å². The van der Waals surface area contributed by atoms with Crippen molar-refractivity contribution in [2.24, 2.45) is 0 Å². The average Bonchev–Trinajstić information content (AvgIpc) is 1.99. The van der Waals surface area contributed by atoms with E-state index >= 15 is 0 Å². The Morgan fingerprint density at radius 3 is 2.70 bits per heavy atom. The first-order valence-corrected chi connectivity index (χ1v) is 3.60. The third kappa shape index (κ3) is 3.20. The molecule has 0 unspecified atom stereocenters. The van der Waals surface area contributed by atoms with Crippen LogP contribution < -0.4 is 0 Å². The maximum absolute atomic E-state index is 8.54. The zero-order valence-corrected chi connectivity index (χ0v) is 6.84. The van der Waals surface area contributed by atoms with Gasteiger partial charge in [0.2, 0.25) is 0 Å². The van der Waals surface area contributed by atoms with Crippen LogP contribution >= 0.6 is 11.6 Å². The SMILES string of the molecule is C=C[C@@H](Cl)[C@@H](CCO)OC. The molecule has 0 saturated heterocycles. The van der Waals surface area contributed by atoms with Crippen LogP contribution in [0.15, 0.2) is 12.7 Å². The number of ether oxygens (including phenoxy) is 1. The molecule has 0 aromatic carbocycles. The molecule has 3 heteroatoms. The van der Waals surface area contributed by atoms with E-state index in [2.05, 4.69) is 6.58 Å². The highest BCUT2D eigenvalue weighted by atomic mass is 35.5. The monoisotopic (exact) mass is 164 g/mol. The lowest BCUT2D eigenvalue weighted by Crippen LogP contribution is -2.22. The van der Waals surface area contributed by atoms with Gasteiger partial charge in [0, 0.05) is 13.7 Å². The van der Waals surface area contributed by atoms with Gasteiger partial charge in [-0.3, -0.25) is 0 Å². The van der Waals surface area contributed by atoms with Gasteiger partial charge in [-0.25, -0.2) is 0 Å². The van der Waals surface area contributed by atoms with E-state index in [0.717, 1.165) is 0 Å². The van der Waals surface area contributed by atoms with Gasteiger partial charge in [0.1, 0.15) is 0 Å². The van der Waals surface area contributed by atoms with Crippen molar-refractivity contribution in [3.8, 4) is 0 Å². The number of methoxy groups -OCH3 is 1. The van der Waals surface area contributed by atoms with Crippen molar-refractivity contribution in [1.29, 1.82) is 0 Å². The predicted octanol–water partition coefficient (Wildman–Crippen LogP) is 1.18. The molecule has 0 heterocycles. The quantitative estimate of drug-likeness (QED) is 0.489. The van der Waals surface area contributed by atoms with Gasteiger partial charge in [0.05, 0.1) is 11.5 Å². The predicted molar refractivity (Wildman–Crippen MR) is 42.3 cm³/mol. The molecule has 0 aromatic heterocycles. The summed E-state index contributed by atoms with van der Waals surface area (Å²) in [6.07, 6.45) is 2.03. The Morgan fingerprint density at radius 1 is 1.80 bits per heavy atom. The fourth-order valence-electron chi connectivity index (χ4n) is 0.686. The largest absolute Gasteiger partial charge is 0.396 e. The van der Waals surface area contributed by atoms with Crippen LogP contribution in [0.2, 0.25) is 0 Å². The van der Waals surface area contributed by atoms with E-state index < -0.39 is 0 Å². The summed E-state index contributed by atoms with van der Waals surface area (Å²) < 4.78 is 4.98. The molecule has 2 nitrogen and oxygen atoms in total. The van der Waals surface area contributed by atoms with Gasteiger partial charge in [-0.05, 0) is 6.42 Å². The van der Waals surface area contributed by atoms with Crippen LogP contribution in [0, 0.1) is 0 Å². The molecule has 1 N–H and O–H groups in total. The zero-order valence-electron chi connectivity index (χ0n) is 6.09. The molecule has 0 aliphatic heterocycles. The molecular formula is C7H13ClO2. The highest BCUT2D eigenvalue weighted by Crippen LogP contribution is 2.10. The minimum Gasteiger partial charge on any atom is -0.396 e. The highest BCUT2D eigenvalue weighted by molar-refractivity contribution is 6.22. The summed E-state index contributed by atoms with van der Waals surface area (Å²) in [6.45, 7) is 3.61. The second kappa shape index (κ2) is 5.71. The van der Waals surface area contributed by atoms with Crippen LogP contribution in [0.25, 0.3) is 0 Å². The lowest BCUT2D eigenvalue weighted by molar-refractivity contribution is 0.0823. The van der Waals surface area contributed by atoms with E-state index in [0.29, 0.717) is 6.42 Å². The zero-order chi connectivity index (χ0) is 7.98. The normalized spacial score (nSPS) is 16.3. The van der Waals surface area contributed by atoms with Gasteiger partial charge in [0.15, 0.2) is 0 Å². The minimum atomic E-state index is -0.211. The van der Waals surface area contributed by atoms with Crippen LogP contribution in [0.1, 0.15) is 6.42 Å². The number of halogens is 1. The lowest BCUT2D eigenvalue weighted by atomic mass is 10.2. The van der Waals surface area contributed by atoms with Crippen LogP contribution in [-0.2, 0) is 4.74 Å². The average molecular weight is 165 g/mol. The molecule has 0 bridgehead atoms. The van der Waals surface area contributed by atoms with Crippen LogP contribution in [0.4, 0.5) is 0 Å². The van der Waals surface area contributed by atoms with E-state index in [4.69, 9.17) is 21.4 Å². The molecule has 0 saturated carbocycles. The number of alkyl halides is 1. The molecule has 0 aliphatic rings. The Bertz CT molecular complexity index is 95.6. The maximum atomic E-state index is 8.54. The molecule has 0 aliphatic carbocycles. The fourth-order valence-corrected chi connectivity index (χ4v) is 0.915. The summed E-state index contributed by atoms with van der Waals surface area (Å²) in [4.78, 5) is 0. The Balaban J connectivity index is 3.67. The van der Waals surface area contributed by atoms with E-state index in [-0.39, 0.29) is 18.1 Å². The second-order valence-electron chi connectivity index (χ2n) is 1.97. The first-order chi connectivity index (χ1) is 4.76. The highest BCUT2D eigenvalue weighted by Gasteiger charge is 2.13. The standard InChI is InChI=1S/C7H13ClO2/c1-3-6(8)7(10-2)4-5-9/h3,6-7,9H,1,4-5H2,2H3/t6-,7-/m1/s1. The van der Waals surface area contributed by atoms with Crippen molar-refractivity contribution in [3.05, 3.63) is 12.7 Å². The molecular weight excluding hydrogens is 152 g/mol. The Labute approximate surface area is 66.5 Å². The first kappa shape index (κ1) is 9.95. The molecule has 0 aromatic rings. The molecule has 0 fully saturated rings. The maximum Gasteiger partial charge on any atom is 0.0791 e. The van der Waals surface area contributed by atoms with Crippen LogP contribution in [0.5, 0.6) is 0 Å². The minimum absolute atomic E-state index is 0.0928. The molecule has 0 amide bonds. The van der Waals surface area contributed by atoms with Crippen molar-refractivity contribution in [3.63, 3.8) is 0 Å². The topological polar surface area (TPSA) is 29.5 Å². The van der Waals surface area contributed by atoms with E-state index in [1.165, 1.54) is 0 Å². The van der Waals surface area contributed by atoms with Gasteiger partial charge in [-0.15, -0.1) is 18.2 Å². The van der Waals surface area contributed by atoms with Gasteiger partial charge in [0.25, 0.3) is 0 Å². The Hall–Kier alpha value is -0.0500. The molecule has 2 atom stereocenters. The Morgan fingerprint density at radius 2 is 2.40 bits per heavy atom. The van der Waals surface area contributed by atoms with E-state index in [9.17, 15) is 0 Å². The third-order valence-corrected chi connectivity index (χ3v) is 1.76. The summed E-state index contributed by atoms with van der Waals surface area (Å²) >= 11 is 5.76. The smallest absolute Gasteiger partial charge is 0.0791 e. The van der Waals surface area contributed by atoms with E-state index in [1.54, 1.807) is 13.2 Å². The summed E-state index contributed by atoms with van der Waals surface area (Å²) in [6, 6.07) is 0. The summed E-state index contributed by atoms with van der Waals surface area (Å²) in [7, 11) is 1.57. The van der Waals surface area contributed by atoms with Crippen molar-refractivity contribution >= 4 is 11.6 Å². The molecule has 0 rings (SSSR count). The van der Waals surface area contributed by atoms with Gasteiger partial charge in [-0.1, -0.05) is 6.08 Å². The van der Waals surface area contributed by atoms with Crippen molar-refractivity contribution in [1.82, 2.24) is 0 Å². The summed E-state index contributed by atoms with van der Waals surface area (Å²) in [5.41, 5.74) is 0.